The number of pyridine rings is 1. The molecule has 0 aliphatic carbocycles. The molecule has 2 aromatic rings. The Morgan fingerprint density at radius 2 is 2.17 bits per heavy atom. The van der Waals surface area contributed by atoms with Crippen molar-refractivity contribution in [2.75, 3.05) is 0 Å². The van der Waals surface area contributed by atoms with Gasteiger partial charge in [0.25, 0.3) is 0 Å². The van der Waals surface area contributed by atoms with Crippen molar-refractivity contribution >= 4 is 17.2 Å². The molecular weight excluding hydrogens is 174 g/mol. The van der Waals surface area contributed by atoms with Gasteiger partial charge in [0.15, 0.2) is 5.65 Å². The van der Waals surface area contributed by atoms with Gasteiger partial charge in [0.2, 0.25) is 0 Å². The minimum atomic E-state index is 0.727. The van der Waals surface area contributed by atoms with Crippen LogP contribution in [-0.2, 0) is 0 Å². The molecule has 2 aromatic heterocycles. The zero-order valence-corrected chi connectivity index (χ0v) is 7.63. The molecule has 0 aromatic carbocycles. The van der Waals surface area contributed by atoms with E-state index in [-0.39, 0.29) is 0 Å². The van der Waals surface area contributed by atoms with E-state index in [2.05, 4.69) is 10.1 Å². The van der Waals surface area contributed by atoms with Crippen molar-refractivity contribution in [1.29, 1.82) is 0 Å². The van der Waals surface area contributed by atoms with Crippen LogP contribution in [0.25, 0.3) is 5.65 Å². The van der Waals surface area contributed by atoms with Gasteiger partial charge in [-0.25, -0.2) is 9.50 Å². The molecule has 0 saturated heterocycles. The fraction of sp³-hybridized carbons (Fsp3) is 0.250. The average Bonchev–Trinajstić information content (AvgIpc) is 2.48. The van der Waals surface area contributed by atoms with Crippen LogP contribution in [0.4, 0.5) is 0 Å². The molecule has 4 heteroatoms. The maximum Gasteiger partial charge on any atom is 0.158 e. The molecule has 2 rings (SSSR count). The van der Waals surface area contributed by atoms with Crippen LogP contribution in [0.3, 0.4) is 0 Å². The number of fused-ring (bicyclic) bond motifs is 1. The van der Waals surface area contributed by atoms with Gasteiger partial charge in [-0.1, -0.05) is 11.6 Å². The molecule has 0 radical (unpaired) electrons. The maximum absolute atomic E-state index is 5.96. The van der Waals surface area contributed by atoms with E-state index in [1.807, 2.05) is 19.9 Å². The van der Waals surface area contributed by atoms with Crippen LogP contribution in [0.1, 0.15) is 11.3 Å². The van der Waals surface area contributed by atoms with E-state index in [4.69, 9.17) is 11.6 Å². The first-order valence-corrected chi connectivity index (χ1v) is 4.03. The van der Waals surface area contributed by atoms with E-state index >= 15 is 0 Å². The predicted molar refractivity (Wildman–Crippen MR) is 47.5 cm³/mol. The third-order valence-electron chi connectivity index (χ3n) is 1.91. The van der Waals surface area contributed by atoms with Gasteiger partial charge in [0.1, 0.15) is 6.33 Å². The number of nitrogens with zero attached hydrogens (tertiary/aromatic N) is 3. The fourth-order valence-electron chi connectivity index (χ4n) is 1.22. The molecule has 0 N–H and O–H groups in total. The average molecular weight is 182 g/mol. The topological polar surface area (TPSA) is 30.2 Å². The normalized spacial score (nSPS) is 10.9. The molecule has 0 aliphatic heterocycles. The lowest BCUT2D eigenvalue weighted by atomic mass is 10.2. The second kappa shape index (κ2) is 2.45. The highest BCUT2D eigenvalue weighted by Gasteiger charge is 2.05. The molecule has 0 unspecified atom stereocenters. The summed E-state index contributed by atoms with van der Waals surface area (Å²) in [6.45, 7) is 3.89. The van der Waals surface area contributed by atoms with Crippen LogP contribution in [0.2, 0.25) is 5.02 Å². The predicted octanol–water partition coefficient (Wildman–Crippen LogP) is 2.00. The second-order valence-electron chi connectivity index (χ2n) is 2.76. The summed E-state index contributed by atoms with van der Waals surface area (Å²) in [6.07, 6.45) is 1.53. The van der Waals surface area contributed by atoms with E-state index in [1.165, 1.54) is 6.33 Å². The van der Waals surface area contributed by atoms with Crippen LogP contribution in [0.15, 0.2) is 12.4 Å². The van der Waals surface area contributed by atoms with Gasteiger partial charge in [-0.3, -0.25) is 0 Å². The smallest absolute Gasteiger partial charge is 0.158 e. The molecule has 0 fully saturated rings. The maximum atomic E-state index is 5.96. The minimum absolute atomic E-state index is 0.727. The highest BCUT2D eigenvalue weighted by Crippen LogP contribution is 2.18. The first-order valence-electron chi connectivity index (χ1n) is 3.65. The summed E-state index contributed by atoms with van der Waals surface area (Å²) in [6, 6.07) is 1.90. The summed E-state index contributed by atoms with van der Waals surface area (Å²) in [4.78, 5) is 4.11. The molecule has 0 aliphatic rings. The van der Waals surface area contributed by atoms with Gasteiger partial charge >= 0.3 is 0 Å². The van der Waals surface area contributed by atoms with Crippen molar-refractivity contribution in [2.45, 2.75) is 13.8 Å². The van der Waals surface area contributed by atoms with Crippen molar-refractivity contribution in [3.05, 3.63) is 28.7 Å². The number of aromatic nitrogens is 3. The standard InChI is InChI=1S/C8H8ClN3/c1-5-3-7(9)6(2)12-8(5)10-4-11-12/h3-4H,1-2H3. The number of hydrogen-bond acceptors (Lipinski definition) is 2. The van der Waals surface area contributed by atoms with Gasteiger partial charge in [-0.05, 0) is 25.5 Å². The third kappa shape index (κ3) is 0.898. The van der Waals surface area contributed by atoms with Gasteiger partial charge in [-0.15, -0.1) is 0 Å². The SMILES string of the molecule is Cc1cc(Cl)c(C)n2ncnc12. The van der Waals surface area contributed by atoms with Crippen molar-refractivity contribution in [3.8, 4) is 0 Å². The lowest BCUT2D eigenvalue weighted by Gasteiger charge is -2.02. The van der Waals surface area contributed by atoms with E-state index < -0.39 is 0 Å². The Bertz CT molecular complexity index is 433. The first kappa shape index (κ1) is 7.55. The summed E-state index contributed by atoms with van der Waals surface area (Å²) in [5.74, 6) is 0. The molecule has 0 spiro atoms. The molecule has 0 atom stereocenters. The van der Waals surface area contributed by atoms with E-state index in [1.54, 1.807) is 4.52 Å². The highest BCUT2D eigenvalue weighted by atomic mass is 35.5. The van der Waals surface area contributed by atoms with Gasteiger partial charge in [0.05, 0.1) is 10.7 Å². The van der Waals surface area contributed by atoms with Crippen LogP contribution < -0.4 is 0 Å². The molecule has 2 heterocycles. The zero-order chi connectivity index (χ0) is 8.72. The van der Waals surface area contributed by atoms with Gasteiger partial charge in [-0.2, -0.15) is 5.10 Å². The Balaban J connectivity index is 2.97. The van der Waals surface area contributed by atoms with E-state index in [9.17, 15) is 0 Å². The Morgan fingerprint density at radius 3 is 2.92 bits per heavy atom. The quantitative estimate of drug-likeness (QED) is 0.622. The summed E-state index contributed by atoms with van der Waals surface area (Å²) in [7, 11) is 0. The molecule has 12 heavy (non-hydrogen) atoms. The lowest BCUT2D eigenvalue weighted by molar-refractivity contribution is 0.910. The van der Waals surface area contributed by atoms with Gasteiger partial charge in [0, 0.05) is 0 Å². The van der Waals surface area contributed by atoms with Crippen molar-refractivity contribution in [2.24, 2.45) is 0 Å². The molecule has 3 nitrogen and oxygen atoms in total. The van der Waals surface area contributed by atoms with E-state index in [0.29, 0.717) is 0 Å². The minimum Gasteiger partial charge on any atom is -0.217 e. The first-order chi connectivity index (χ1) is 5.70. The summed E-state index contributed by atoms with van der Waals surface area (Å²) < 4.78 is 1.75. The number of hydrogen-bond donors (Lipinski definition) is 0. The second-order valence-corrected chi connectivity index (χ2v) is 3.16. The highest BCUT2D eigenvalue weighted by molar-refractivity contribution is 6.31. The molecular formula is C8H8ClN3. The van der Waals surface area contributed by atoms with Crippen LogP contribution in [0.5, 0.6) is 0 Å². The monoisotopic (exact) mass is 181 g/mol. The van der Waals surface area contributed by atoms with Crippen LogP contribution in [-0.4, -0.2) is 14.6 Å². The Morgan fingerprint density at radius 1 is 1.42 bits per heavy atom. The number of rotatable bonds is 0. The van der Waals surface area contributed by atoms with Gasteiger partial charge < -0.3 is 0 Å². The van der Waals surface area contributed by atoms with Crippen molar-refractivity contribution < 1.29 is 0 Å². The third-order valence-corrected chi connectivity index (χ3v) is 2.29. The largest absolute Gasteiger partial charge is 0.217 e. The van der Waals surface area contributed by atoms with Crippen molar-refractivity contribution in [1.82, 2.24) is 14.6 Å². The van der Waals surface area contributed by atoms with Crippen LogP contribution >= 0.6 is 11.6 Å². The Labute approximate surface area is 75.0 Å². The summed E-state index contributed by atoms with van der Waals surface area (Å²) in [5.41, 5.74) is 2.84. The lowest BCUT2D eigenvalue weighted by Crippen LogP contribution is -1.96. The van der Waals surface area contributed by atoms with Crippen LogP contribution in [0, 0.1) is 13.8 Å². The number of aryl methyl sites for hydroxylation is 2. The zero-order valence-electron chi connectivity index (χ0n) is 6.87. The van der Waals surface area contributed by atoms with Crippen molar-refractivity contribution in [3.63, 3.8) is 0 Å². The Kier molecular flexibility index (Phi) is 1.54. The summed E-state index contributed by atoms with van der Waals surface area (Å²) >= 11 is 5.96. The Hall–Kier alpha value is -1.09. The fourth-order valence-corrected chi connectivity index (χ4v) is 1.46. The molecule has 0 bridgehead atoms. The molecule has 0 amide bonds. The number of halogens is 1. The van der Waals surface area contributed by atoms with E-state index in [0.717, 1.165) is 21.9 Å². The molecule has 62 valence electrons. The summed E-state index contributed by atoms with van der Waals surface area (Å²) in [5, 5.41) is 4.79. The molecule has 0 saturated carbocycles.